The molecule has 0 amide bonds. The number of pyridine rings is 1. The summed E-state index contributed by atoms with van der Waals surface area (Å²) in [6.45, 7) is 2.85. The Kier molecular flexibility index (Phi) is 10.5. The second-order valence-corrected chi connectivity index (χ2v) is 14.6. The lowest BCUT2D eigenvalue weighted by Gasteiger charge is -2.27. The van der Waals surface area contributed by atoms with Crippen LogP contribution in [0.25, 0.3) is 21.8 Å². The van der Waals surface area contributed by atoms with E-state index in [1.54, 1.807) is 6.20 Å². The van der Waals surface area contributed by atoms with E-state index in [0.29, 0.717) is 34.6 Å². The van der Waals surface area contributed by atoms with E-state index in [9.17, 15) is 17.2 Å². The third-order valence-corrected chi connectivity index (χ3v) is 10.9. The summed E-state index contributed by atoms with van der Waals surface area (Å²) in [5.41, 5.74) is 1.73. The van der Waals surface area contributed by atoms with Gasteiger partial charge in [-0.25, -0.2) is 36.5 Å². The molecule has 0 bridgehead atoms. The molecule has 0 aliphatic carbocycles. The molecule has 266 valence electrons. The number of morpholine rings is 1. The Bertz CT molecular complexity index is 2250. The lowest BCUT2D eigenvalue weighted by Crippen LogP contribution is -2.36. The molecule has 0 saturated carbocycles. The van der Waals surface area contributed by atoms with Crippen LogP contribution in [0.2, 0.25) is 0 Å². The Balaban J connectivity index is 1.28. The molecule has 0 unspecified atom stereocenters. The highest BCUT2D eigenvalue weighted by Crippen LogP contribution is 2.38. The quantitative estimate of drug-likeness (QED) is 0.156. The first-order valence-electron chi connectivity index (χ1n) is 16.6. The number of anilines is 3. The fraction of sp³-hybridized carbons (Fsp3) is 0.184. The van der Waals surface area contributed by atoms with Crippen molar-refractivity contribution in [3.8, 4) is 21.8 Å². The lowest BCUT2D eigenvalue weighted by molar-refractivity contribution is 0.122. The van der Waals surface area contributed by atoms with Crippen molar-refractivity contribution in [2.24, 2.45) is 4.99 Å². The second-order valence-electron chi connectivity index (χ2n) is 11.9. The molecule has 2 aliphatic rings. The van der Waals surface area contributed by atoms with Gasteiger partial charge >= 0.3 is 0 Å². The molecule has 2 aromatic heterocycles. The van der Waals surface area contributed by atoms with E-state index in [4.69, 9.17) is 14.7 Å². The highest BCUT2D eigenvalue weighted by Gasteiger charge is 2.27. The van der Waals surface area contributed by atoms with Gasteiger partial charge in [0.1, 0.15) is 28.3 Å². The maximum Gasteiger partial charge on any atom is 0.267 e. The molecule has 0 atom stereocenters. The molecular formula is C38H33F3N6O3S2. The molecule has 5 aromatic rings. The van der Waals surface area contributed by atoms with Crippen LogP contribution in [-0.2, 0) is 14.8 Å². The average Bonchev–Trinajstić information content (AvgIpc) is 3.63. The van der Waals surface area contributed by atoms with Gasteiger partial charge in [0, 0.05) is 24.2 Å². The number of rotatable bonds is 9. The van der Waals surface area contributed by atoms with E-state index in [0.717, 1.165) is 67.6 Å². The zero-order chi connectivity index (χ0) is 36.1. The molecule has 14 heteroatoms. The number of ether oxygens (including phenoxy) is 1. The minimum atomic E-state index is -4.85. The number of nitrogens with one attached hydrogen (secondary N) is 2. The summed E-state index contributed by atoms with van der Waals surface area (Å²) < 4.78 is 79.1. The van der Waals surface area contributed by atoms with Gasteiger partial charge in [0.2, 0.25) is 0 Å². The number of aliphatic imine (C=N–C) groups is 1. The van der Waals surface area contributed by atoms with Crippen LogP contribution in [0, 0.1) is 17.5 Å². The maximum atomic E-state index is 16.5. The van der Waals surface area contributed by atoms with Crippen LogP contribution in [0.3, 0.4) is 0 Å². The zero-order valence-corrected chi connectivity index (χ0v) is 29.4. The molecule has 9 nitrogen and oxygen atoms in total. The van der Waals surface area contributed by atoms with Gasteiger partial charge in [-0.15, -0.1) is 11.3 Å². The number of thiazole rings is 1. The number of aromatic nitrogens is 2. The second kappa shape index (κ2) is 15.5. The summed E-state index contributed by atoms with van der Waals surface area (Å²) >= 11 is 1.31. The van der Waals surface area contributed by atoms with Crippen LogP contribution in [0.15, 0.2) is 119 Å². The first-order valence-corrected chi connectivity index (χ1v) is 18.9. The number of hydrogen-bond acceptors (Lipinski definition) is 9. The fourth-order valence-corrected chi connectivity index (χ4v) is 8.04. The van der Waals surface area contributed by atoms with Gasteiger partial charge in [0.25, 0.3) is 10.0 Å². The summed E-state index contributed by atoms with van der Waals surface area (Å²) in [7, 11) is -4.85. The Morgan fingerprint density at radius 1 is 0.865 bits per heavy atom. The first kappa shape index (κ1) is 35.1. The SMILES string of the molecule is O=S(=O)(Nc1cccc(-c2nc(-c3ccccc3)sc2C2=N/C(Nc3ccc(N4CCOCC4)nc3)=C/CCCC=C2)c1F)c1c(F)cccc1F. The van der Waals surface area contributed by atoms with Crippen molar-refractivity contribution in [1.29, 1.82) is 0 Å². The van der Waals surface area contributed by atoms with Crippen molar-refractivity contribution in [2.75, 3.05) is 41.2 Å². The fourth-order valence-electron chi connectivity index (χ4n) is 5.78. The van der Waals surface area contributed by atoms with E-state index in [-0.39, 0.29) is 11.3 Å². The molecule has 52 heavy (non-hydrogen) atoms. The molecule has 4 heterocycles. The van der Waals surface area contributed by atoms with Gasteiger partial charge in [-0.3, -0.25) is 4.72 Å². The highest BCUT2D eigenvalue weighted by atomic mass is 32.2. The smallest absolute Gasteiger partial charge is 0.267 e. The Morgan fingerprint density at radius 2 is 1.63 bits per heavy atom. The van der Waals surface area contributed by atoms with Crippen LogP contribution < -0.4 is 14.9 Å². The van der Waals surface area contributed by atoms with Crippen LogP contribution in [0.5, 0.6) is 0 Å². The van der Waals surface area contributed by atoms with Crippen LogP contribution in [0.4, 0.5) is 30.4 Å². The van der Waals surface area contributed by atoms with E-state index in [1.807, 2.05) is 65.4 Å². The number of allylic oxidation sites excluding steroid dienone is 3. The molecule has 2 N–H and O–H groups in total. The Labute approximate surface area is 303 Å². The normalized spacial score (nSPS) is 16.2. The molecule has 1 fully saturated rings. The number of nitrogens with zero attached hydrogens (tertiary/aromatic N) is 4. The number of halogens is 3. The lowest BCUT2D eigenvalue weighted by atomic mass is 10.1. The van der Waals surface area contributed by atoms with Crippen molar-refractivity contribution in [3.63, 3.8) is 0 Å². The van der Waals surface area contributed by atoms with Crippen LogP contribution >= 0.6 is 11.3 Å². The molecule has 0 radical (unpaired) electrons. The minimum Gasteiger partial charge on any atom is -0.378 e. The number of sulfonamides is 1. The number of benzene rings is 3. The largest absolute Gasteiger partial charge is 0.378 e. The summed E-state index contributed by atoms with van der Waals surface area (Å²) in [6.07, 6.45) is 10.0. The van der Waals surface area contributed by atoms with Gasteiger partial charge in [0.05, 0.1) is 47.1 Å². The van der Waals surface area contributed by atoms with E-state index in [2.05, 4.69) is 15.2 Å². The summed E-state index contributed by atoms with van der Waals surface area (Å²) in [6, 6.07) is 20.1. The van der Waals surface area contributed by atoms with Gasteiger partial charge in [-0.05, 0) is 67.8 Å². The van der Waals surface area contributed by atoms with Crippen LogP contribution in [-0.4, -0.2) is 50.4 Å². The molecular weight excluding hydrogens is 710 g/mol. The third-order valence-electron chi connectivity index (χ3n) is 8.35. The Hall–Kier alpha value is -5.31. The van der Waals surface area contributed by atoms with Gasteiger partial charge < -0.3 is 15.0 Å². The van der Waals surface area contributed by atoms with E-state index < -0.39 is 38.1 Å². The van der Waals surface area contributed by atoms with Crippen LogP contribution in [0.1, 0.15) is 24.1 Å². The van der Waals surface area contributed by atoms with E-state index >= 15 is 4.39 Å². The maximum absolute atomic E-state index is 16.5. The monoisotopic (exact) mass is 742 g/mol. The predicted molar refractivity (Wildman–Crippen MR) is 199 cm³/mol. The summed E-state index contributed by atoms with van der Waals surface area (Å²) in [5, 5.41) is 3.97. The van der Waals surface area contributed by atoms with Gasteiger partial charge in [-0.1, -0.05) is 48.5 Å². The summed E-state index contributed by atoms with van der Waals surface area (Å²) in [5.74, 6) is -2.15. The molecule has 3 aromatic carbocycles. The van der Waals surface area contributed by atoms with Crippen molar-refractivity contribution in [3.05, 3.63) is 131 Å². The number of hydrogen-bond donors (Lipinski definition) is 2. The first-order chi connectivity index (χ1) is 25.3. The predicted octanol–water partition coefficient (Wildman–Crippen LogP) is 8.41. The van der Waals surface area contributed by atoms with Gasteiger partial charge in [0.15, 0.2) is 10.7 Å². The highest BCUT2D eigenvalue weighted by molar-refractivity contribution is 7.92. The van der Waals surface area contributed by atoms with Crippen molar-refractivity contribution >= 4 is 44.3 Å². The standard InChI is InChI=1S/C38H33F3N6O3S2/c39-28-13-9-14-29(40)37(28)52(48,49)46-30-16-8-12-27(34(30)41)35-36(51-38(45-35)25-10-4-3-5-11-25)31-15-6-1-2-7-17-32(44-31)43-26-18-19-33(42-24-26)47-20-22-50-23-21-47/h3-6,8-19,24,43,46H,1-2,7,20-23H2/b15-6?,32-17+,44-31?. The molecule has 2 aliphatic heterocycles. The third kappa shape index (κ3) is 7.78. The zero-order valence-electron chi connectivity index (χ0n) is 27.7. The van der Waals surface area contributed by atoms with E-state index in [1.165, 1.54) is 29.5 Å². The topological polar surface area (TPSA) is 109 Å². The van der Waals surface area contributed by atoms with Gasteiger partial charge in [-0.2, -0.15) is 0 Å². The minimum absolute atomic E-state index is 0.0278. The molecule has 0 spiro atoms. The van der Waals surface area contributed by atoms with Crippen molar-refractivity contribution in [2.45, 2.75) is 24.2 Å². The van der Waals surface area contributed by atoms with Crippen molar-refractivity contribution < 1.29 is 26.3 Å². The summed E-state index contributed by atoms with van der Waals surface area (Å²) in [4.78, 5) is 16.0. The Morgan fingerprint density at radius 3 is 2.38 bits per heavy atom. The molecule has 7 rings (SSSR count). The molecule has 1 saturated heterocycles. The average molecular weight is 743 g/mol. The van der Waals surface area contributed by atoms with Crippen molar-refractivity contribution in [1.82, 2.24) is 9.97 Å².